The van der Waals surface area contributed by atoms with Crippen LogP contribution in [0.4, 0.5) is 5.69 Å². The fourth-order valence-corrected chi connectivity index (χ4v) is 2.02. The van der Waals surface area contributed by atoms with Crippen molar-refractivity contribution < 1.29 is 9.84 Å². The maximum atomic E-state index is 9.54. The number of piperazine rings is 1. The highest BCUT2D eigenvalue weighted by atomic mass is 16.5. The van der Waals surface area contributed by atoms with Crippen LogP contribution in [0.2, 0.25) is 0 Å². The van der Waals surface area contributed by atoms with Gasteiger partial charge in [0.2, 0.25) is 0 Å². The number of nitrogens with one attached hydrogen (secondary N) is 1. The normalized spacial score (nSPS) is 16.3. The molecule has 0 aliphatic carbocycles. The van der Waals surface area contributed by atoms with Crippen molar-refractivity contribution in [2.75, 3.05) is 31.1 Å². The fourth-order valence-electron chi connectivity index (χ4n) is 2.02. The maximum Gasteiger partial charge on any atom is 0.146 e. The van der Waals surface area contributed by atoms with Gasteiger partial charge in [0.15, 0.2) is 0 Å². The molecule has 4 heteroatoms. The highest BCUT2D eigenvalue weighted by Crippen LogP contribution is 2.32. The van der Waals surface area contributed by atoms with Crippen molar-refractivity contribution in [1.29, 1.82) is 0 Å². The standard InChI is InChI=1S/C13H20N2O2/c1-10(2)17-13-9-11(16)3-4-12(13)15-7-5-14-6-8-15/h3-4,9-10,14,16H,5-8H2,1-2H3. The van der Waals surface area contributed by atoms with Gasteiger partial charge in [0.05, 0.1) is 11.8 Å². The molecule has 17 heavy (non-hydrogen) atoms. The van der Waals surface area contributed by atoms with Gasteiger partial charge in [0.25, 0.3) is 0 Å². The lowest BCUT2D eigenvalue weighted by molar-refractivity contribution is 0.241. The average Bonchev–Trinajstić information content (AvgIpc) is 2.29. The zero-order chi connectivity index (χ0) is 12.3. The Balaban J connectivity index is 2.24. The quantitative estimate of drug-likeness (QED) is 0.836. The van der Waals surface area contributed by atoms with Crippen LogP contribution < -0.4 is 15.0 Å². The van der Waals surface area contributed by atoms with E-state index < -0.39 is 0 Å². The number of phenolic OH excluding ortho intramolecular Hbond substituents is 1. The molecule has 0 saturated carbocycles. The summed E-state index contributed by atoms with van der Waals surface area (Å²) in [5, 5.41) is 12.9. The number of hydrogen-bond donors (Lipinski definition) is 2. The zero-order valence-corrected chi connectivity index (χ0v) is 10.4. The molecular formula is C13H20N2O2. The van der Waals surface area contributed by atoms with Gasteiger partial charge < -0.3 is 20.1 Å². The highest BCUT2D eigenvalue weighted by Gasteiger charge is 2.16. The van der Waals surface area contributed by atoms with Crippen LogP contribution in [-0.2, 0) is 0 Å². The Bertz CT molecular complexity index is 374. The molecule has 0 spiro atoms. The van der Waals surface area contributed by atoms with E-state index in [2.05, 4.69) is 10.2 Å². The topological polar surface area (TPSA) is 44.7 Å². The van der Waals surface area contributed by atoms with Gasteiger partial charge in [-0.3, -0.25) is 0 Å². The molecule has 2 N–H and O–H groups in total. The molecule has 0 unspecified atom stereocenters. The first-order valence-corrected chi connectivity index (χ1v) is 6.12. The van der Waals surface area contributed by atoms with E-state index in [4.69, 9.17) is 4.74 Å². The minimum atomic E-state index is 0.110. The summed E-state index contributed by atoms with van der Waals surface area (Å²) in [5.74, 6) is 1.02. The SMILES string of the molecule is CC(C)Oc1cc(O)ccc1N1CCNCC1. The lowest BCUT2D eigenvalue weighted by atomic mass is 10.2. The first-order chi connectivity index (χ1) is 8.16. The number of nitrogens with zero attached hydrogens (tertiary/aromatic N) is 1. The second-order valence-corrected chi connectivity index (χ2v) is 4.56. The molecule has 1 saturated heterocycles. The van der Waals surface area contributed by atoms with Gasteiger partial charge in [-0.15, -0.1) is 0 Å². The number of phenols is 1. The van der Waals surface area contributed by atoms with Crippen molar-refractivity contribution in [2.45, 2.75) is 20.0 Å². The molecule has 1 fully saturated rings. The Morgan fingerprint density at radius 2 is 2.00 bits per heavy atom. The predicted octanol–water partition coefficient (Wildman–Crippen LogP) is 1.59. The van der Waals surface area contributed by atoms with Gasteiger partial charge in [-0.25, -0.2) is 0 Å². The van der Waals surface area contributed by atoms with Gasteiger partial charge in [-0.1, -0.05) is 0 Å². The summed E-state index contributed by atoms with van der Waals surface area (Å²) in [6.07, 6.45) is 0.110. The molecule has 0 bridgehead atoms. The summed E-state index contributed by atoms with van der Waals surface area (Å²) in [7, 11) is 0. The van der Waals surface area contributed by atoms with Gasteiger partial charge in [0.1, 0.15) is 11.5 Å². The second kappa shape index (κ2) is 5.27. The molecule has 0 amide bonds. The third-order valence-corrected chi connectivity index (χ3v) is 2.76. The van der Waals surface area contributed by atoms with Crippen molar-refractivity contribution in [3.05, 3.63) is 18.2 Å². The average molecular weight is 236 g/mol. The van der Waals surface area contributed by atoms with E-state index >= 15 is 0 Å². The summed E-state index contributed by atoms with van der Waals surface area (Å²) in [5.41, 5.74) is 1.07. The molecule has 0 radical (unpaired) electrons. The van der Waals surface area contributed by atoms with Gasteiger partial charge in [-0.2, -0.15) is 0 Å². The fraction of sp³-hybridized carbons (Fsp3) is 0.538. The Morgan fingerprint density at radius 3 is 2.65 bits per heavy atom. The minimum absolute atomic E-state index is 0.110. The van der Waals surface area contributed by atoms with Crippen molar-refractivity contribution >= 4 is 5.69 Å². The summed E-state index contributed by atoms with van der Waals surface area (Å²) in [4.78, 5) is 2.29. The van der Waals surface area contributed by atoms with E-state index in [0.717, 1.165) is 37.6 Å². The second-order valence-electron chi connectivity index (χ2n) is 4.56. The van der Waals surface area contributed by atoms with Crippen LogP contribution in [-0.4, -0.2) is 37.4 Å². The zero-order valence-electron chi connectivity index (χ0n) is 10.4. The molecule has 4 nitrogen and oxygen atoms in total. The molecule has 2 rings (SSSR count). The number of rotatable bonds is 3. The van der Waals surface area contributed by atoms with Crippen LogP contribution in [0.3, 0.4) is 0 Å². The van der Waals surface area contributed by atoms with Gasteiger partial charge in [-0.05, 0) is 26.0 Å². The summed E-state index contributed by atoms with van der Waals surface area (Å²) in [6, 6.07) is 5.33. The van der Waals surface area contributed by atoms with E-state index in [1.807, 2.05) is 19.9 Å². The van der Waals surface area contributed by atoms with Crippen molar-refractivity contribution in [3.8, 4) is 11.5 Å². The van der Waals surface area contributed by atoms with E-state index in [9.17, 15) is 5.11 Å². The molecule has 94 valence electrons. The lowest BCUT2D eigenvalue weighted by Crippen LogP contribution is -2.43. The first kappa shape index (κ1) is 12.0. The Labute approximate surface area is 102 Å². The number of anilines is 1. The minimum Gasteiger partial charge on any atom is -0.508 e. The maximum absolute atomic E-state index is 9.54. The monoisotopic (exact) mass is 236 g/mol. The summed E-state index contributed by atoms with van der Waals surface area (Å²) < 4.78 is 5.76. The highest BCUT2D eigenvalue weighted by molar-refractivity contribution is 5.61. The largest absolute Gasteiger partial charge is 0.508 e. The molecule has 1 aromatic carbocycles. The number of benzene rings is 1. The molecule has 1 aromatic rings. The van der Waals surface area contributed by atoms with Crippen molar-refractivity contribution in [2.24, 2.45) is 0 Å². The van der Waals surface area contributed by atoms with Crippen LogP contribution in [0, 0.1) is 0 Å². The molecular weight excluding hydrogens is 216 g/mol. The first-order valence-electron chi connectivity index (χ1n) is 6.12. The Morgan fingerprint density at radius 1 is 1.29 bits per heavy atom. The molecule has 1 aliphatic heterocycles. The third kappa shape index (κ3) is 3.03. The summed E-state index contributed by atoms with van der Waals surface area (Å²) in [6.45, 7) is 7.90. The predicted molar refractivity (Wildman–Crippen MR) is 69.0 cm³/mol. The van der Waals surface area contributed by atoms with Gasteiger partial charge in [0, 0.05) is 32.2 Å². The van der Waals surface area contributed by atoms with Crippen LogP contribution in [0.25, 0.3) is 0 Å². The lowest BCUT2D eigenvalue weighted by Gasteiger charge is -2.31. The third-order valence-electron chi connectivity index (χ3n) is 2.76. The van der Waals surface area contributed by atoms with E-state index in [0.29, 0.717) is 0 Å². The Hall–Kier alpha value is -1.42. The number of ether oxygens (including phenoxy) is 1. The van der Waals surface area contributed by atoms with Crippen LogP contribution in [0.15, 0.2) is 18.2 Å². The van der Waals surface area contributed by atoms with Crippen LogP contribution >= 0.6 is 0 Å². The van der Waals surface area contributed by atoms with E-state index in [1.54, 1.807) is 12.1 Å². The number of aromatic hydroxyl groups is 1. The van der Waals surface area contributed by atoms with E-state index in [1.165, 1.54) is 0 Å². The van der Waals surface area contributed by atoms with Crippen molar-refractivity contribution in [1.82, 2.24) is 5.32 Å². The molecule has 1 aliphatic rings. The number of hydrogen-bond acceptors (Lipinski definition) is 4. The molecule has 0 atom stereocenters. The molecule has 0 aromatic heterocycles. The van der Waals surface area contributed by atoms with Crippen molar-refractivity contribution in [3.63, 3.8) is 0 Å². The molecule has 1 heterocycles. The van der Waals surface area contributed by atoms with E-state index in [-0.39, 0.29) is 11.9 Å². The Kier molecular flexibility index (Phi) is 3.74. The smallest absolute Gasteiger partial charge is 0.146 e. The van der Waals surface area contributed by atoms with Crippen LogP contribution in [0.5, 0.6) is 11.5 Å². The van der Waals surface area contributed by atoms with Gasteiger partial charge >= 0.3 is 0 Å². The van der Waals surface area contributed by atoms with Crippen LogP contribution in [0.1, 0.15) is 13.8 Å². The summed E-state index contributed by atoms with van der Waals surface area (Å²) >= 11 is 0.